The van der Waals surface area contributed by atoms with E-state index < -0.39 is 5.97 Å². The Morgan fingerprint density at radius 1 is 1.70 bits per heavy atom. The number of hydrogen-bond donors (Lipinski definition) is 2. The van der Waals surface area contributed by atoms with E-state index in [2.05, 4.69) is 5.32 Å². The Labute approximate surface area is 58.8 Å². The van der Waals surface area contributed by atoms with Crippen molar-refractivity contribution in [3.05, 3.63) is 11.3 Å². The number of nitrogens with one attached hydrogen (secondary N) is 1. The molecule has 0 rings (SSSR count). The molecule has 0 heterocycles. The molecule has 4 heteroatoms. The van der Waals surface area contributed by atoms with Crippen molar-refractivity contribution in [1.82, 2.24) is 5.32 Å². The number of nitriles is 1. The first-order valence-corrected chi connectivity index (χ1v) is 2.65. The third-order valence-corrected chi connectivity index (χ3v) is 1.08. The minimum Gasteiger partial charge on any atom is -0.477 e. The van der Waals surface area contributed by atoms with Crippen molar-refractivity contribution >= 4 is 5.97 Å². The molecule has 0 saturated heterocycles. The number of nitrogens with zero attached hydrogens (tertiary/aromatic N) is 1. The Kier molecular flexibility index (Phi) is 2.98. The smallest absolute Gasteiger partial charge is 0.348 e. The molecule has 0 fully saturated rings. The molecule has 0 spiro atoms. The highest BCUT2D eigenvalue weighted by Gasteiger charge is 2.08. The van der Waals surface area contributed by atoms with Gasteiger partial charge in [-0.1, -0.05) is 0 Å². The van der Waals surface area contributed by atoms with E-state index in [1.54, 1.807) is 13.1 Å². The maximum Gasteiger partial charge on any atom is 0.348 e. The SMILES string of the molecule is CN/C(C)=C(\C#N)C(=O)O. The maximum absolute atomic E-state index is 10.2. The fourth-order valence-corrected chi connectivity index (χ4v) is 0.417. The molecule has 0 aromatic carbocycles. The van der Waals surface area contributed by atoms with Crippen molar-refractivity contribution in [3.63, 3.8) is 0 Å². The molecule has 0 amide bonds. The van der Waals surface area contributed by atoms with Gasteiger partial charge in [-0.2, -0.15) is 5.26 Å². The minimum absolute atomic E-state index is 0.248. The number of rotatable bonds is 2. The van der Waals surface area contributed by atoms with Crippen LogP contribution in [0.3, 0.4) is 0 Å². The number of allylic oxidation sites excluding steroid dienone is 1. The molecule has 4 nitrogen and oxygen atoms in total. The first-order valence-electron chi connectivity index (χ1n) is 2.65. The second-order valence-corrected chi connectivity index (χ2v) is 1.67. The number of aliphatic carboxylic acids is 1. The minimum atomic E-state index is -1.20. The first kappa shape index (κ1) is 8.50. The van der Waals surface area contributed by atoms with Gasteiger partial charge < -0.3 is 10.4 Å². The Morgan fingerprint density at radius 2 is 2.20 bits per heavy atom. The highest BCUT2D eigenvalue weighted by Crippen LogP contribution is 1.97. The van der Waals surface area contributed by atoms with E-state index in [9.17, 15) is 4.79 Å². The molecule has 0 aliphatic rings. The molecule has 0 aromatic rings. The van der Waals surface area contributed by atoms with Gasteiger partial charge in [0.2, 0.25) is 0 Å². The monoisotopic (exact) mass is 140 g/mol. The zero-order valence-electron chi connectivity index (χ0n) is 5.80. The van der Waals surface area contributed by atoms with Gasteiger partial charge in [0.15, 0.2) is 5.57 Å². The lowest BCUT2D eigenvalue weighted by Gasteiger charge is -1.98. The van der Waals surface area contributed by atoms with Crippen LogP contribution in [0.1, 0.15) is 6.92 Å². The third kappa shape index (κ3) is 1.78. The van der Waals surface area contributed by atoms with Gasteiger partial charge in [0.1, 0.15) is 6.07 Å². The van der Waals surface area contributed by atoms with Crippen molar-refractivity contribution in [3.8, 4) is 6.07 Å². The lowest BCUT2D eigenvalue weighted by molar-refractivity contribution is -0.132. The van der Waals surface area contributed by atoms with Crippen LogP contribution >= 0.6 is 0 Å². The zero-order chi connectivity index (χ0) is 8.15. The average molecular weight is 140 g/mol. The molecule has 0 bridgehead atoms. The van der Waals surface area contributed by atoms with Crippen LogP contribution in [0.15, 0.2) is 11.3 Å². The van der Waals surface area contributed by atoms with Crippen molar-refractivity contribution in [2.75, 3.05) is 7.05 Å². The number of carboxylic acid groups (broad SMARTS) is 1. The van der Waals surface area contributed by atoms with E-state index in [0.29, 0.717) is 5.70 Å². The molecule has 0 unspecified atom stereocenters. The number of carbonyl (C=O) groups is 1. The average Bonchev–Trinajstić information content (AvgIpc) is 1.88. The highest BCUT2D eigenvalue weighted by molar-refractivity contribution is 5.91. The van der Waals surface area contributed by atoms with Gasteiger partial charge in [-0.15, -0.1) is 0 Å². The Hall–Kier alpha value is -1.50. The van der Waals surface area contributed by atoms with Crippen LogP contribution in [-0.2, 0) is 4.79 Å². The summed E-state index contributed by atoms with van der Waals surface area (Å²) in [4.78, 5) is 10.2. The van der Waals surface area contributed by atoms with Gasteiger partial charge in [-0.05, 0) is 6.92 Å². The van der Waals surface area contributed by atoms with E-state index in [1.165, 1.54) is 6.92 Å². The summed E-state index contributed by atoms with van der Waals surface area (Å²) >= 11 is 0. The molecule has 0 atom stereocenters. The number of hydrogen-bond acceptors (Lipinski definition) is 3. The topological polar surface area (TPSA) is 73.1 Å². The summed E-state index contributed by atoms with van der Waals surface area (Å²) in [6.07, 6.45) is 0. The Morgan fingerprint density at radius 3 is 2.30 bits per heavy atom. The predicted molar refractivity (Wildman–Crippen MR) is 35.0 cm³/mol. The lowest BCUT2D eigenvalue weighted by Crippen LogP contribution is -2.10. The van der Waals surface area contributed by atoms with Gasteiger partial charge in [0.25, 0.3) is 0 Å². The molecule has 0 aliphatic heterocycles. The summed E-state index contributed by atoms with van der Waals surface area (Å²) in [6.45, 7) is 1.53. The van der Waals surface area contributed by atoms with E-state index >= 15 is 0 Å². The van der Waals surface area contributed by atoms with Gasteiger partial charge in [0.05, 0.1) is 0 Å². The second-order valence-electron chi connectivity index (χ2n) is 1.67. The predicted octanol–water partition coefficient (Wildman–Crippen LogP) is 0.0880. The van der Waals surface area contributed by atoms with Crippen molar-refractivity contribution in [2.45, 2.75) is 6.92 Å². The zero-order valence-corrected chi connectivity index (χ0v) is 5.80. The van der Waals surface area contributed by atoms with Crippen molar-refractivity contribution in [2.24, 2.45) is 0 Å². The normalized spacial score (nSPS) is 11.3. The largest absolute Gasteiger partial charge is 0.477 e. The molecular weight excluding hydrogens is 132 g/mol. The highest BCUT2D eigenvalue weighted by atomic mass is 16.4. The molecule has 10 heavy (non-hydrogen) atoms. The maximum atomic E-state index is 10.2. The van der Waals surface area contributed by atoms with Crippen LogP contribution in [0.25, 0.3) is 0 Å². The van der Waals surface area contributed by atoms with Crippen LogP contribution in [0, 0.1) is 11.3 Å². The van der Waals surface area contributed by atoms with E-state index in [4.69, 9.17) is 10.4 Å². The molecule has 2 N–H and O–H groups in total. The second kappa shape index (κ2) is 3.51. The number of carboxylic acids is 1. The fourth-order valence-electron chi connectivity index (χ4n) is 0.417. The van der Waals surface area contributed by atoms with E-state index in [1.807, 2.05) is 0 Å². The summed E-state index contributed by atoms with van der Waals surface area (Å²) in [7, 11) is 1.57. The van der Waals surface area contributed by atoms with Gasteiger partial charge in [-0.3, -0.25) is 0 Å². The van der Waals surface area contributed by atoms with Crippen molar-refractivity contribution in [1.29, 1.82) is 5.26 Å². The molecule has 0 aromatic heterocycles. The quantitative estimate of drug-likeness (QED) is 0.421. The molecule has 0 aliphatic carbocycles. The van der Waals surface area contributed by atoms with Crippen LogP contribution < -0.4 is 5.32 Å². The Bertz CT molecular complexity index is 212. The summed E-state index contributed by atoms with van der Waals surface area (Å²) < 4.78 is 0. The molecule has 0 radical (unpaired) electrons. The van der Waals surface area contributed by atoms with E-state index in [-0.39, 0.29) is 5.57 Å². The summed E-state index contributed by atoms with van der Waals surface area (Å²) in [5.74, 6) is -1.20. The van der Waals surface area contributed by atoms with E-state index in [0.717, 1.165) is 0 Å². The summed E-state index contributed by atoms with van der Waals surface area (Å²) in [5, 5.41) is 19.2. The van der Waals surface area contributed by atoms with Crippen LogP contribution in [0.5, 0.6) is 0 Å². The van der Waals surface area contributed by atoms with Crippen LogP contribution in [-0.4, -0.2) is 18.1 Å². The van der Waals surface area contributed by atoms with Crippen LogP contribution in [0.2, 0.25) is 0 Å². The molecule has 54 valence electrons. The summed E-state index contributed by atoms with van der Waals surface area (Å²) in [6, 6.07) is 1.57. The lowest BCUT2D eigenvalue weighted by atomic mass is 10.2. The summed E-state index contributed by atoms with van der Waals surface area (Å²) in [5.41, 5.74) is 0.123. The fraction of sp³-hybridized carbons (Fsp3) is 0.333. The Balaban J connectivity index is 4.68. The van der Waals surface area contributed by atoms with Gasteiger partial charge >= 0.3 is 5.97 Å². The third-order valence-electron chi connectivity index (χ3n) is 1.08. The van der Waals surface area contributed by atoms with Crippen LogP contribution in [0.4, 0.5) is 0 Å². The van der Waals surface area contributed by atoms with Gasteiger partial charge in [0, 0.05) is 12.7 Å². The standard InChI is InChI=1S/C6H8N2O2/c1-4(8-2)5(3-7)6(9)10/h8H,1-2H3,(H,9,10)/b5-4+. The molecular formula is C6H8N2O2. The molecule has 0 saturated carbocycles. The van der Waals surface area contributed by atoms with Crippen molar-refractivity contribution < 1.29 is 9.90 Å². The first-order chi connectivity index (χ1) is 4.63. The van der Waals surface area contributed by atoms with Gasteiger partial charge in [-0.25, -0.2) is 4.79 Å².